The molecule has 0 saturated carbocycles. The lowest BCUT2D eigenvalue weighted by Gasteiger charge is -2.10. The summed E-state index contributed by atoms with van der Waals surface area (Å²) < 4.78 is 0. The number of carbonyl (C=O) groups excluding carboxylic acids is 2. The van der Waals surface area contributed by atoms with Crippen molar-refractivity contribution in [1.82, 2.24) is 10.2 Å². The van der Waals surface area contributed by atoms with E-state index in [9.17, 15) is 14.4 Å². The average Bonchev–Trinajstić information content (AvgIpc) is 2.56. The van der Waals surface area contributed by atoms with Crippen molar-refractivity contribution in [1.29, 1.82) is 0 Å². The molecule has 0 saturated heterocycles. The van der Waals surface area contributed by atoms with Crippen molar-refractivity contribution in [2.45, 2.75) is 38.5 Å². The van der Waals surface area contributed by atoms with Crippen LogP contribution in [0.2, 0.25) is 0 Å². The lowest BCUT2D eigenvalue weighted by Crippen LogP contribution is -2.25. The van der Waals surface area contributed by atoms with Gasteiger partial charge in [-0.1, -0.05) is 19.3 Å². The standard InChI is InChI=1S/C18H26N2O4/c1-20(2)18(24)15-11-9-14(10-12-15)17(23)19-13-7-5-3-4-6-8-16(21)22/h9-12H,3-8,13H2,1-2H3,(H,19,23)(H,21,22). The molecule has 2 amide bonds. The Morgan fingerprint density at radius 3 is 2.04 bits per heavy atom. The van der Waals surface area contributed by atoms with Crippen LogP contribution in [-0.4, -0.2) is 48.4 Å². The van der Waals surface area contributed by atoms with Crippen LogP contribution in [0.4, 0.5) is 0 Å². The highest BCUT2D eigenvalue weighted by Crippen LogP contribution is 2.07. The highest BCUT2D eigenvalue weighted by Gasteiger charge is 2.09. The Labute approximate surface area is 142 Å². The Kier molecular flexibility index (Phi) is 8.54. The number of hydrogen-bond donors (Lipinski definition) is 2. The van der Waals surface area contributed by atoms with Gasteiger partial charge in [-0.25, -0.2) is 0 Å². The van der Waals surface area contributed by atoms with Crippen molar-refractivity contribution in [3.8, 4) is 0 Å². The van der Waals surface area contributed by atoms with E-state index >= 15 is 0 Å². The highest BCUT2D eigenvalue weighted by molar-refractivity contribution is 5.97. The van der Waals surface area contributed by atoms with Crippen LogP contribution < -0.4 is 5.32 Å². The summed E-state index contributed by atoms with van der Waals surface area (Å²) in [6, 6.07) is 6.61. The number of aliphatic carboxylic acids is 1. The molecular formula is C18H26N2O4. The van der Waals surface area contributed by atoms with Crippen LogP contribution in [0.3, 0.4) is 0 Å². The van der Waals surface area contributed by atoms with Crippen molar-refractivity contribution in [2.24, 2.45) is 0 Å². The van der Waals surface area contributed by atoms with E-state index in [4.69, 9.17) is 5.11 Å². The quantitative estimate of drug-likeness (QED) is 0.644. The summed E-state index contributed by atoms with van der Waals surface area (Å²) >= 11 is 0. The van der Waals surface area contributed by atoms with E-state index < -0.39 is 5.97 Å². The van der Waals surface area contributed by atoms with Crippen LogP contribution in [-0.2, 0) is 4.79 Å². The molecule has 0 heterocycles. The molecule has 0 aliphatic rings. The van der Waals surface area contributed by atoms with Gasteiger partial charge in [-0.3, -0.25) is 14.4 Å². The summed E-state index contributed by atoms with van der Waals surface area (Å²) in [5.41, 5.74) is 1.09. The maximum absolute atomic E-state index is 12.0. The second kappa shape index (κ2) is 10.4. The maximum Gasteiger partial charge on any atom is 0.303 e. The highest BCUT2D eigenvalue weighted by atomic mass is 16.4. The van der Waals surface area contributed by atoms with Crippen LogP contribution in [0.1, 0.15) is 59.2 Å². The van der Waals surface area contributed by atoms with E-state index in [-0.39, 0.29) is 18.2 Å². The van der Waals surface area contributed by atoms with E-state index in [1.54, 1.807) is 38.4 Å². The molecule has 0 aromatic heterocycles. The van der Waals surface area contributed by atoms with E-state index in [0.717, 1.165) is 25.7 Å². The Hall–Kier alpha value is -2.37. The Morgan fingerprint density at radius 1 is 0.917 bits per heavy atom. The summed E-state index contributed by atoms with van der Waals surface area (Å²) in [4.78, 5) is 35.6. The molecule has 0 spiro atoms. The van der Waals surface area contributed by atoms with Crippen molar-refractivity contribution in [2.75, 3.05) is 20.6 Å². The predicted molar refractivity (Wildman–Crippen MR) is 92.1 cm³/mol. The van der Waals surface area contributed by atoms with Gasteiger partial charge in [0.05, 0.1) is 0 Å². The van der Waals surface area contributed by atoms with Gasteiger partial charge in [-0.15, -0.1) is 0 Å². The minimum Gasteiger partial charge on any atom is -0.481 e. The maximum atomic E-state index is 12.0. The van der Waals surface area contributed by atoms with Gasteiger partial charge in [-0.2, -0.15) is 0 Å². The van der Waals surface area contributed by atoms with E-state index in [1.807, 2.05) is 0 Å². The van der Waals surface area contributed by atoms with E-state index in [0.29, 0.717) is 24.1 Å². The number of rotatable bonds is 10. The molecule has 0 radical (unpaired) electrons. The zero-order valence-electron chi connectivity index (χ0n) is 14.4. The van der Waals surface area contributed by atoms with Crippen LogP contribution in [0.5, 0.6) is 0 Å². The zero-order valence-corrected chi connectivity index (χ0v) is 14.4. The molecule has 0 unspecified atom stereocenters. The fourth-order valence-corrected chi connectivity index (χ4v) is 2.26. The topological polar surface area (TPSA) is 86.7 Å². The Morgan fingerprint density at radius 2 is 1.46 bits per heavy atom. The van der Waals surface area contributed by atoms with Gasteiger partial charge in [0.25, 0.3) is 11.8 Å². The largest absolute Gasteiger partial charge is 0.481 e. The number of hydrogen-bond acceptors (Lipinski definition) is 3. The lowest BCUT2D eigenvalue weighted by molar-refractivity contribution is -0.137. The van der Waals surface area contributed by atoms with Crippen LogP contribution in [0.15, 0.2) is 24.3 Å². The zero-order chi connectivity index (χ0) is 17.9. The van der Waals surface area contributed by atoms with Gasteiger partial charge in [0.15, 0.2) is 0 Å². The number of carboxylic acids is 1. The number of unbranched alkanes of at least 4 members (excludes halogenated alkanes) is 4. The minimum atomic E-state index is -0.749. The Balaban J connectivity index is 2.23. The molecule has 0 aliphatic carbocycles. The van der Waals surface area contributed by atoms with Crippen LogP contribution in [0.25, 0.3) is 0 Å². The number of carbonyl (C=O) groups is 3. The van der Waals surface area contributed by atoms with Gasteiger partial charge in [-0.05, 0) is 37.1 Å². The summed E-state index contributed by atoms with van der Waals surface area (Å²) in [7, 11) is 3.37. The number of nitrogens with one attached hydrogen (secondary N) is 1. The molecular weight excluding hydrogens is 308 g/mol. The first-order valence-corrected chi connectivity index (χ1v) is 8.23. The molecule has 0 atom stereocenters. The first-order chi connectivity index (χ1) is 11.4. The smallest absolute Gasteiger partial charge is 0.303 e. The fourth-order valence-electron chi connectivity index (χ4n) is 2.26. The number of carboxylic acid groups (broad SMARTS) is 1. The first kappa shape index (κ1) is 19.7. The van der Waals surface area contributed by atoms with Gasteiger partial charge in [0, 0.05) is 38.2 Å². The van der Waals surface area contributed by atoms with Crippen LogP contribution >= 0.6 is 0 Å². The van der Waals surface area contributed by atoms with Crippen LogP contribution in [0, 0.1) is 0 Å². The van der Waals surface area contributed by atoms with E-state index in [2.05, 4.69) is 5.32 Å². The van der Waals surface area contributed by atoms with Crippen molar-refractivity contribution < 1.29 is 19.5 Å². The molecule has 2 N–H and O–H groups in total. The molecule has 6 nitrogen and oxygen atoms in total. The van der Waals surface area contributed by atoms with Crippen molar-refractivity contribution >= 4 is 17.8 Å². The third kappa shape index (κ3) is 7.26. The fraction of sp³-hybridized carbons (Fsp3) is 0.500. The van der Waals surface area contributed by atoms with Crippen molar-refractivity contribution in [3.63, 3.8) is 0 Å². The number of nitrogens with zero attached hydrogens (tertiary/aromatic N) is 1. The summed E-state index contributed by atoms with van der Waals surface area (Å²) in [5.74, 6) is -0.991. The third-order valence-electron chi connectivity index (χ3n) is 3.65. The summed E-state index contributed by atoms with van der Waals surface area (Å²) in [6.07, 6.45) is 4.65. The number of amides is 2. The molecule has 6 heteroatoms. The van der Waals surface area contributed by atoms with E-state index in [1.165, 1.54) is 4.90 Å². The summed E-state index contributed by atoms with van der Waals surface area (Å²) in [6.45, 7) is 0.593. The molecule has 24 heavy (non-hydrogen) atoms. The second-order valence-electron chi connectivity index (χ2n) is 5.94. The van der Waals surface area contributed by atoms with Crippen molar-refractivity contribution in [3.05, 3.63) is 35.4 Å². The normalized spacial score (nSPS) is 10.2. The molecule has 0 aliphatic heterocycles. The van der Waals surface area contributed by atoms with Gasteiger partial charge >= 0.3 is 5.97 Å². The SMILES string of the molecule is CN(C)C(=O)c1ccc(C(=O)NCCCCCCCC(=O)O)cc1. The van der Waals surface area contributed by atoms with Gasteiger partial charge < -0.3 is 15.3 Å². The van der Waals surface area contributed by atoms with Gasteiger partial charge in [0.2, 0.25) is 0 Å². The molecule has 0 bridgehead atoms. The first-order valence-electron chi connectivity index (χ1n) is 8.23. The lowest BCUT2D eigenvalue weighted by atomic mass is 10.1. The summed E-state index contributed by atoms with van der Waals surface area (Å²) in [5, 5.41) is 11.4. The average molecular weight is 334 g/mol. The molecule has 0 fully saturated rings. The Bertz CT molecular complexity index is 553. The predicted octanol–water partition coefficient (Wildman–Crippen LogP) is 2.54. The minimum absolute atomic E-state index is 0.0927. The molecule has 1 rings (SSSR count). The molecule has 1 aromatic rings. The molecule has 132 valence electrons. The monoisotopic (exact) mass is 334 g/mol. The van der Waals surface area contributed by atoms with Gasteiger partial charge in [0.1, 0.15) is 0 Å². The number of benzene rings is 1. The molecule has 1 aromatic carbocycles. The third-order valence-corrected chi connectivity index (χ3v) is 3.65. The second-order valence-corrected chi connectivity index (χ2v) is 5.94.